The Morgan fingerprint density at radius 2 is 1.88 bits per heavy atom. The molecule has 2 fully saturated rings. The molecular weight excluding hydrogens is 244 g/mol. The fourth-order valence-corrected chi connectivity index (χ4v) is 3.97. The number of hydrogen-bond acceptors (Lipinski definition) is 3. The highest BCUT2D eigenvalue weighted by Crippen LogP contribution is 2.33. The summed E-state index contributed by atoms with van der Waals surface area (Å²) in [5.41, 5.74) is -0.785. The third-order valence-electron chi connectivity index (χ3n) is 3.30. The lowest BCUT2D eigenvalue weighted by molar-refractivity contribution is -0.138. The molecule has 2 rings (SSSR count). The number of nitrogens with one attached hydrogen (secondary N) is 2. The van der Waals surface area contributed by atoms with Crippen LogP contribution in [0, 0.1) is 0 Å². The Kier molecular flexibility index (Phi) is 3.42. The molecule has 6 nitrogen and oxygen atoms in total. The number of rotatable bonds is 6. The lowest BCUT2D eigenvalue weighted by Crippen LogP contribution is -2.52. The van der Waals surface area contributed by atoms with Gasteiger partial charge in [0.1, 0.15) is 0 Å². The Balaban J connectivity index is 2.03. The van der Waals surface area contributed by atoms with Crippen LogP contribution in [0.2, 0.25) is 0 Å². The fourth-order valence-electron chi connectivity index (χ4n) is 2.39. The van der Waals surface area contributed by atoms with Gasteiger partial charge in [-0.3, -0.25) is 4.79 Å². The number of carbonyl (C=O) groups is 1. The molecule has 0 aromatic heterocycles. The van der Waals surface area contributed by atoms with E-state index in [0.717, 1.165) is 25.7 Å². The standard InChI is InChI=1S/C10H18N2O4S/c13-9(14)7-10(5-1-2-6-10)12-17(15,16)11-8-3-4-8/h8,11-12H,1-7H2,(H,13,14). The molecule has 2 aliphatic carbocycles. The Morgan fingerprint density at radius 3 is 2.35 bits per heavy atom. The minimum atomic E-state index is -3.57. The molecule has 0 heterocycles. The molecule has 3 N–H and O–H groups in total. The van der Waals surface area contributed by atoms with Crippen molar-refractivity contribution in [2.75, 3.05) is 0 Å². The van der Waals surface area contributed by atoms with Crippen LogP contribution in [0.25, 0.3) is 0 Å². The second-order valence-electron chi connectivity index (χ2n) is 5.06. The highest BCUT2D eigenvalue weighted by molar-refractivity contribution is 7.87. The molecule has 98 valence electrons. The molecule has 0 radical (unpaired) electrons. The second kappa shape index (κ2) is 4.55. The van der Waals surface area contributed by atoms with Crippen molar-refractivity contribution in [3.05, 3.63) is 0 Å². The van der Waals surface area contributed by atoms with Gasteiger partial charge in [-0.25, -0.2) is 0 Å². The number of carboxylic acid groups (broad SMARTS) is 1. The zero-order valence-electron chi connectivity index (χ0n) is 9.61. The molecule has 7 heteroatoms. The summed E-state index contributed by atoms with van der Waals surface area (Å²) in [6.07, 6.45) is 4.55. The van der Waals surface area contributed by atoms with E-state index in [0.29, 0.717) is 12.8 Å². The Labute approximate surface area is 101 Å². The Morgan fingerprint density at radius 1 is 1.29 bits per heavy atom. The lowest BCUT2D eigenvalue weighted by Gasteiger charge is -2.28. The molecule has 0 spiro atoms. The summed E-state index contributed by atoms with van der Waals surface area (Å²) in [6, 6.07) is 0.0378. The maximum atomic E-state index is 11.8. The predicted molar refractivity (Wildman–Crippen MR) is 61.7 cm³/mol. The first-order chi connectivity index (χ1) is 7.91. The van der Waals surface area contributed by atoms with Crippen LogP contribution in [0.5, 0.6) is 0 Å². The Hall–Kier alpha value is -0.660. The largest absolute Gasteiger partial charge is 0.481 e. The van der Waals surface area contributed by atoms with Crippen LogP contribution in [-0.2, 0) is 15.0 Å². The average Bonchev–Trinajstić information content (AvgIpc) is 2.83. The normalized spacial score (nSPS) is 23.8. The zero-order valence-corrected chi connectivity index (χ0v) is 10.4. The van der Waals surface area contributed by atoms with E-state index >= 15 is 0 Å². The lowest BCUT2D eigenvalue weighted by atomic mass is 9.95. The number of aliphatic carboxylic acids is 1. The highest BCUT2D eigenvalue weighted by Gasteiger charge is 2.40. The van der Waals surface area contributed by atoms with Crippen molar-refractivity contribution >= 4 is 16.2 Å². The van der Waals surface area contributed by atoms with Crippen molar-refractivity contribution in [3.63, 3.8) is 0 Å². The van der Waals surface area contributed by atoms with Gasteiger partial charge < -0.3 is 5.11 Å². The topological polar surface area (TPSA) is 95.5 Å². The van der Waals surface area contributed by atoms with Crippen molar-refractivity contribution in [2.45, 2.75) is 56.5 Å². The molecule has 17 heavy (non-hydrogen) atoms. The van der Waals surface area contributed by atoms with Gasteiger partial charge in [-0.2, -0.15) is 17.9 Å². The van der Waals surface area contributed by atoms with Crippen LogP contribution < -0.4 is 9.44 Å². The van der Waals surface area contributed by atoms with E-state index in [1.165, 1.54) is 0 Å². The molecule has 2 saturated carbocycles. The molecule has 0 aromatic carbocycles. The third-order valence-corrected chi connectivity index (χ3v) is 4.65. The van der Waals surface area contributed by atoms with E-state index < -0.39 is 21.7 Å². The van der Waals surface area contributed by atoms with Crippen molar-refractivity contribution in [2.24, 2.45) is 0 Å². The van der Waals surface area contributed by atoms with E-state index in [1.807, 2.05) is 0 Å². The van der Waals surface area contributed by atoms with Gasteiger partial charge >= 0.3 is 5.97 Å². The van der Waals surface area contributed by atoms with Crippen LogP contribution in [0.15, 0.2) is 0 Å². The summed E-state index contributed by atoms with van der Waals surface area (Å²) in [5, 5.41) is 8.87. The molecule has 0 saturated heterocycles. The van der Waals surface area contributed by atoms with Gasteiger partial charge in [0.25, 0.3) is 10.2 Å². The smallest absolute Gasteiger partial charge is 0.305 e. The number of hydrogen-bond donors (Lipinski definition) is 3. The Bertz CT molecular complexity index is 397. The zero-order chi connectivity index (χ0) is 12.5. The average molecular weight is 262 g/mol. The first kappa shape index (κ1) is 12.8. The minimum absolute atomic E-state index is 0.0378. The van der Waals surface area contributed by atoms with E-state index in [9.17, 15) is 13.2 Å². The summed E-state index contributed by atoms with van der Waals surface area (Å²) in [4.78, 5) is 10.8. The molecule has 0 unspecified atom stereocenters. The van der Waals surface area contributed by atoms with Crippen molar-refractivity contribution in [1.82, 2.24) is 9.44 Å². The van der Waals surface area contributed by atoms with Gasteiger partial charge in [0.05, 0.1) is 6.42 Å². The quantitative estimate of drug-likeness (QED) is 0.644. The van der Waals surface area contributed by atoms with Crippen LogP contribution in [-0.4, -0.2) is 31.1 Å². The van der Waals surface area contributed by atoms with Crippen LogP contribution in [0.1, 0.15) is 44.9 Å². The molecule has 0 aliphatic heterocycles. The summed E-state index contributed by atoms with van der Waals surface area (Å²) >= 11 is 0. The maximum Gasteiger partial charge on any atom is 0.305 e. The second-order valence-corrected chi connectivity index (χ2v) is 6.50. The summed E-state index contributed by atoms with van der Waals surface area (Å²) < 4.78 is 28.7. The maximum absolute atomic E-state index is 11.8. The first-order valence-electron chi connectivity index (χ1n) is 5.94. The third kappa shape index (κ3) is 3.65. The van der Waals surface area contributed by atoms with Gasteiger partial charge in [-0.15, -0.1) is 0 Å². The van der Waals surface area contributed by atoms with Gasteiger partial charge in [-0.05, 0) is 25.7 Å². The van der Waals surface area contributed by atoms with E-state index in [-0.39, 0.29) is 12.5 Å². The summed E-state index contributed by atoms with van der Waals surface area (Å²) in [5.74, 6) is -0.957. The molecule has 0 atom stereocenters. The van der Waals surface area contributed by atoms with Crippen LogP contribution in [0.4, 0.5) is 0 Å². The van der Waals surface area contributed by atoms with Gasteiger partial charge in [0.15, 0.2) is 0 Å². The van der Waals surface area contributed by atoms with E-state index in [4.69, 9.17) is 5.11 Å². The fraction of sp³-hybridized carbons (Fsp3) is 0.900. The molecule has 2 aliphatic rings. The molecular formula is C10H18N2O4S. The van der Waals surface area contributed by atoms with E-state index in [2.05, 4.69) is 9.44 Å². The predicted octanol–water partition coefficient (Wildman–Crippen LogP) is 0.360. The van der Waals surface area contributed by atoms with Crippen molar-refractivity contribution in [3.8, 4) is 0 Å². The van der Waals surface area contributed by atoms with Gasteiger partial charge in [0, 0.05) is 11.6 Å². The first-order valence-corrected chi connectivity index (χ1v) is 7.42. The molecule has 0 aromatic rings. The van der Waals surface area contributed by atoms with Gasteiger partial charge in [-0.1, -0.05) is 12.8 Å². The SMILES string of the molecule is O=C(O)CC1(NS(=O)(=O)NC2CC2)CCCC1. The van der Waals surface area contributed by atoms with Gasteiger partial charge in [0.2, 0.25) is 0 Å². The molecule has 0 amide bonds. The number of carboxylic acids is 1. The molecule has 0 bridgehead atoms. The van der Waals surface area contributed by atoms with Crippen LogP contribution in [0.3, 0.4) is 0 Å². The minimum Gasteiger partial charge on any atom is -0.481 e. The highest BCUT2D eigenvalue weighted by atomic mass is 32.2. The van der Waals surface area contributed by atoms with Crippen LogP contribution >= 0.6 is 0 Å². The van der Waals surface area contributed by atoms with Crippen molar-refractivity contribution < 1.29 is 18.3 Å². The monoisotopic (exact) mass is 262 g/mol. The summed E-state index contributed by atoms with van der Waals surface area (Å²) in [7, 11) is -3.57. The van der Waals surface area contributed by atoms with Crippen molar-refractivity contribution in [1.29, 1.82) is 0 Å². The van der Waals surface area contributed by atoms with E-state index in [1.54, 1.807) is 0 Å². The summed E-state index contributed by atoms with van der Waals surface area (Å²) in [6.45, 7) is 0.